The maximum absolute atomic E-state index is 11.7. The van der Waals surface area contributed by atoms with E-state index in [1.807, 2.05) is 0 Å². The van der Waals surface area contributed by atoms with E-state index in [0.29, 0.717) is 6.54 Å². The number of nitrogens with one attached hydrogen (secondary N) is 1. The average molecular weight is 234 g/mol. The van der Waals surface area contributed by atoms with Crippen LogP contribution in [0.4, 0.5) is 0 Å². The largest absolute Gasteiger partial charge is 0.478 e. The third-order valence-electron chi connectivity index (χ3n) is 2.77. The Labute approximate surface area is 98.9 Å². The second-order valence-corrected chi connectivity index (χ2v) is 4.22. The van der Waals surface area contributed by atoms with Crippen molar-refractivity contribution in [3.8, 4) is 0 Å². The van der Waals surface area contributed by atoms with Gasteiger partial charge in [0, 0.05) is 12.7 Å². The van der Waals surface area contributed by atoms with Gasteiger partial charge in [-0.1, -0.05) is 12.8 Å². The summed E-state index contributed by atoms with van der Waals surface area (Å²) < 4.78 is 0. The number of carbonyl (C=O) groups excluding carboxylic acids is 1. The summed E-state index contributed by atoms with van der Waals surface area (Å²) in [5, 5.41) is 11.5. The number of aromatic nitrogens is 1. The fraction of sp³-hybridized carbons (Fsp3) is 0.417. The van der Waals surface area contributed by atoms with Gasteiger partial charge in [0.1, 0.15) is 5.69 Å². The minimum atomic E-state index is -1.06. The minimum absolute atomic E-state index is 0.0762. The van der Waals surface area contributed by atoms with Crippen molar-refractivity contribution in [2.75, 3.05) is 6.54 Å². The van der Waals surface area contributed by atoms with Crippen molar-refractivity contribution >= 4 is 11.9 Å². The van der Waals surface area contributed by atoms with E-state index in [-0.39, 0.29) is 17.2 Å². The van der Waals surface area contributed by atoms with E-state index in [0.717, 1.165) is 12.3 Å². The smallest absolute Gasteiger partial charge is 0.335 e. The van der Waals surface area contributed by atoms with Gasteiger partial charge in [0.2, 0.25) is 0 Å². The van der Waals surface area contributed by atoms with Gasteiger partial charge in [-0.25, -0.2) is 4.79 Å². The molecule has 1 fully saturated rings. The topological polar surface area (TPSA) is 79.3 Å². The van der Waals surface area contributed by atoms with Gasteiger partial charge in [-0.05, 0) is 24.5 Å². The summed E-state index contributed by atoms with van der Waals surface area (Å²) in [6.45, 7) is 0.627. The molecule has 0 unspecified atom stereocenters. The molecule has 0 atom stereocenters. The molecule has 0 bridgehead atoms. The Bertz CT molecular complexity index is 441. The standard InChI is InChI=1S/C12H14N2O3/c15-11(14-5-3-8-1-2-8)10-7-9(12(16)17)4-6-13-10/h4,6-8H,1-3,5H2,(H,14,15)(H,16,17). The first kappa shape index (κ1) is 11.6. The van der Waals surface area contributed by atoms with Crippen molar-refractivity contribution in [3.63, 3.8) is 0 Å². The number of nitrogens with zero attached hydrogens (tertiary/aromatic N) is 1. The van der Waals surface area contributed by atoms with E-state index in [1.165, 1.54) is 31.2 Å². The normalized spacial score (nSPS) is 14.4. The Hall–Kier alpha value is -1.91. The lowest BCUT2D eigenvalue weighted by Gasteiger charge is -2.04. The molecule has 2 rings (SSSR count). The summed E-state index contributed by atoms with van der Waals surface area (Å²) in [6, 6.07) is 2.65. The number of amides is 1. The molecule has 2 N–H and O–H groups in total. The molecule has 1 saturated carbocycles. The number of aromatic carboxylic acids is 1. The quantitative estimate of drug-likeness (QED) is 0.805. The van der Waals surface area contributed by atoms with E-state index in [9.17, 15) is 9.59 Å². The van der Waals surface area contributed by atoms with E-state index in [4.69, 9.17) is 5.11 Å². The molecule has 0 radical (unpaired) electrons. The van der Waals surface area contributed by atoms with E-state index >= 15 is 0 Å². The van der Waals surface area contributed by atoms with E-state index in [1.54, 1.807) is 0 Å². The molecule has 1 aromatic heterocycles. The average Bonchev–Trinajstić information content (AvgIpc) is 3.13. The molecule has 17 heavy (non-hydrogen) atoms. The summed E-state index contributed by atoms with van der Waals surface area (Å²) in [5.41, 5.74) is 0.230. The summed E-state index contributed by atoms with van der Waals surface area (Å²) in [4.78, 5) is 26.2. The maximum Gasteiger partial charge on any atom is 0.335 e. The molecule has 1 aromatic rings. The molecule has 1 amide bonds. The summed E-state index contributed by atoms with van der Waals surface area (Å²) in [7, 11) is 0. The van der Waals surface area contributed by atoms with Crippen LogP contribution in [0.25, 0.3) is 0 Å². The summed E-state index contributed by atoms with van der Waals surface area (Å²) in [5.74, 6) is -0.609. The van der Waals surface area contributed by atoms with Crippen molar-refractivity contribution in [1.29, 1.82) is 0 Å². The maximum atomic E-state index is 11.7. The van der Waals surface area contributed by atoms with Gasteiger partial charge in [-0.3, -0.25) is 9.78 Å². The third kappa shape index (κ3) is 3.27. The highest BCUT2D eigenvalue weighted by Crippen LogP contribution is 2.31. The number of carboxylic acid groups (broad SMARTS) is 1. The SMILES string of the molecule is O=C(O)c1ccnc(C(=O)NCCC2CC2)c1. The number of hydrogen-bond acceptors (Lipinski definition) is 3. The Morgan fingerprint density at radius 3 is 2.88 bits per heavy atom. The van der Waals surface area contributed by atoms with Gasteiger partial charge in [0.25, 0.3) is 5.91 Å². The zero-order valence-corrected chi connectivity index (χ0v) is 9.35. The molecule has 90 valence electrons. The molecule has 1 aliphatic carbocycles. The van der Waals surface area contributed by atoms with Gasteiger partial charge >= 0.3 is 5.97 Å². The number of rotatable bonds is 5. The molecular formula is C12H14N2O3. The van der Waals surface area contributed by atoms with Gasteiger partial charge < -0.3 is 10.4 Å². The fourth-order valence-electron chi connectivity index (χ4n) is 1.57. The van der Waals surface area contributed by atoms with Crippen LogP contribution < -0.4 is 5.32 Å². The number of hydrogen-bond donors (Lipinski definition) is 2. The zero-order valence-electron chi connectivity index (χ0n) is 9.35. The first-order valence-corrected chi connectivity index (χ1v) is 5.64. The van der Waals surface area contributed by atoms with Crippen LogP contribution in [0.5, 0.6) is 0 Å². The van der Waals surface area contributed by atoms with Crippen LogP contribution in [-0.2, 0) is 0 Å². The van der Waals surface area contributed by atoms with Crippen molar-refractivity contribution in [2.24, 2.45) is 5.92 Å². The van der Waals surface area contributed by atoms with Crippen LogP contribution in [0.1, 0.15) is 40.1 Å². The first-order chi connectivity index (χ1) is 8.16. The van der Waals surface area contributed by atoms with Gasteiger partial charge in [0.15, 0.2) is 0 Å². The van der Waals surface area contributed by atoms with Crippen LogP contribution in [0, 0.1) is 5.92 Å². The molecule has 0 saturated heterocycles. The van der Waals surface area contributed by atoms with Gasteiger partial charge in [-0.2, -0.15) is 0 Å². The Balaban J connectivity index is 1.92. The summed E-state index contributed by atoms with van der Waals surface area (Å²) in [6.07, 6.45) is 4.83. The predicted molar refractivity (Wildman–Crippen MR) is 60.9 cm³/mol. The van der Waals surface area contributed by atoms with E-state index in [2.05, 4.69) is 10.3 Å². The number of carbonyl (C=O) groups is 2. The van der Waals surface area contributed by atoms with Crippen LogP contribution in [0.2, 0.25) is 0 Å². The van der Waals surface area contributed by atoms with Crippen LogP contribution in [0.15, 0.2) is 18.3 Å². The highest BCUT2D eigenvalue weighted by atomic mass is 16.4. The van der Waals surface area contributed by atoms with Gasteiger partial charge in [0.05, 0.1) is 5.56 Å². The molecule has 0 spiro atoms. The lowest BCUT2D eigenvalue weighted by atomic mass is 10.2. The Morgan fingerprint density at radius 1 is 1.47 bits per heavy atom. The molecule has 5 nitrogen and oxygen atoms in total. The van der Waals surface area contributed by atoms with Crippen molar-refractivity contribution < 1.29 is 14.7 Å². The predicted octanol–water partition coefficient (Wildman–Crippen LogP) is 1.31. The minimum Gasteiger partial charge on any atom is -0.478 e. The van der Waals surface area contributed by atoms with Crippen LogP contribution in [-0.4, -0.2) is 28.5 Å². The Morgan fingerprint density at radius 2 is 2.24 bits per heavy atom. The second-order valence-electron chi connectivity index (χ2n) is 4.22. The van der Waals surface area contributed by atoms with Crippen molar-refractivity contribution in [1.82, 2.24) is 10.3 Å². The fourth-order valence-corrected chi connectivity index (χ4v) is 1.57. The number of carboxylic acids is 1. The molecule has 1 heterocycles. The zero-order chi connectivity index (χ0) is 12.3. The summed E-state index contributed by atoms with van der Waals surface area (Å²) >= 11 is 0. The molecular weight excluding hydrogens is 220 g/mol. The molecule has 0 aliphatic heterocycles. The highest BCUT2D eigenvalue weighted by molar-refractivity contribution is 5.95. The van der Waals surface area contributed by atoms with Crippen molar-refractivity contribution in [3.05, 3.63) is 29.6 Å². The van der Waals surface area contributed by atoms with Crippen molar-refractivity contribution in [2.45, 2.75) is 19.3 Å². The molecule has 0 aromatic carbocycles. The van der Waals surface area contributed by atoms with Crippen LogP contribution in [0.3, 0.4) is 0 Å². The molecule has 5 heteroatoms. The van der Waals surface area contributed by atoms with Crippen LogP contribution >= 0.6 is 0 Å². The van der Waals surface area contributed by atoms with E-state index < -0.39 is 5.97 Å². The Kier molecular flexibility index (Phi) is 3.37. The molecule has 1 aliphatic rings. The highest BCUT2D eigenvalue weighted by Gasteiger charge is 2.20. The second kappa shape index (κ2) is 4.95. The first-order valence-electron chi connectivity index (χ1n) is 5.64. The van der Waals surface area contributed by atoms with Gasteiger partial charge in [-0.15, -0.1) is 0 Å². The lowest BCUT2D eigenvalue weighted by Crippen LogP contribution is -2.25. The third-order valence-corrected chi connectivity index (χ3v) is 2.77. The lowest BCUT2D eigenvalue weighted by molar-refractivity contribution is 0.0696. The monoisotopic (exact) mass is 234 g/mol. The number of pyridine rings is 1.